The molecule has 0 amide bonds. The topological polar surface area (TPSA) is 18.5 Å². The molecule has 1 saturated carbocycles. The molecule has 3 unspecified atom stereocenters. The highest BCUT2D eigenvalue weighted by atomic mass is 15.2. The molecule has 1 heterocycles. The molecule has 3 nitrogen and oxygen atoms in total. The van der Waals surface area contributed by atoms with E-state index in [0.29, 0.717) is 0 Å². The summed E-state index contributed by atoms with van der Waals surface area (Å²) in [6.07, 6.45) is 9.71. The van der Waals surface area contributed by atoms with Gasteiger partial charge in [0, 0.05) is 18.1 Å². The molecule has 1 aliphatic heterocycles. The Hall–Kier alpha value is -0.120. The van der Waals surface area contributed by atoms with Gasteiger partial charge in [-0.2, -0.15) is 0 Å². The standard InChI is InChI=1S/C17H35N3/c1-5-6-14-7-8-16(18-2)17(13-14)20-11-9-15(10-12-20)19(3)4/h14-18H,5-13H2,1-4H3. The van der Waals surface area contributed by atoms with Gasteiger partial charge in [-0.05, 0) is 72.3 Å². The van der Waals surface area contributed by atoms with Crippen LogP contribution in [0.2, 0.25) is 0 Å². The largest absolute Gasteiger partial charge is 0.315 e. The number of piperidine rings is 1. The summed E-state index contributed by atoms with van der Waals surface area (Å²) in [6, 6.07) is 2.31. The molecule has 1 N–H and O–H groups in total. The van der Waals surface area contributed by atoms with Crippen molar-refractivity contribution in [1.29, 1.82) is 0 Å². The Morgan fingerprint density at radius 1 is 1.10 bits per heavy atom. The van der Waals surface area contributed by atoms with E-state index in [1.807, 2.05) is 0 Å². The minimum atomic E-state index is 0.721. The summed E-state index contributed by atoms with van der Waals surface area (Å²) in [4.78, 5) is 5.20. The van der Waals surface area contributed by atoms with Crippen LogP contribution < -0.4 is 5.32 Å². The Bertz CT molecular complexity index is 271. The van der Waals surface area contributed by atoms with Crippen molar-refractivity contribution >= 4 is 0 Å². The molecule has 2 aliphatic rings. The van der Waals surface area contributed by atoms with Crippen LogP contribution in [0.5, 0.6) is 0 Å². The van der Waals surface area contributed by atoms with Gasteiger partial charge in [-0.15, -0.1) is 0 Å². The van der Waals surface area contributed by atoms with E-state index >= 15 is 0 Å². The number of likely N-dealkylation sites (N-methyl/N-ethyl adjacent to an activating group) is 1. The first-order valence-corrected chi connectivity index (χ1v) is 8.73. The highest BCUT2D eigenvalue weighted by Crippen LogP contribution is 2.32. The second-order valence-electron chi connectivity index (χ2n) is 7.16. The van der Waals surface area contributed by atoms with Crippen LogP contribution in [0.4, 0.5) is 0 Å². The van der Waals surface area contributed by atoms with Crippen molar-refractivity contribution in [2.75, 3.05) is 34.2 Å². The normalized spacial score (nSPS) is 33.8. The quantitative estimate of drug-likeness (QED) is 0.835. The first-order valence-electron chi connectivity index (χ1n) is 8.73. The summed E-state index contributed by atoms with van der Waals surface area (Å²) >= 11 is 0. The predicted molar refractivity (Wildman–Crippen MR) is 87.2 cm³/mol. The van der Waals surface area contributed by atoms with Gasteiger partial charge in [0.1, 0.15) is 0 Å². The number of hydrogen-bond acceptors (Lipinski definition) is 3. The van der Waals surface area contributed by atoms with Crippen molar-refractivity contribution in [3.8, 4) is 0 Å². The maximum Gasteiger partial charge on any atom is 0.0251 e. The Balaban J connectivity index is 1.91. The first kappa shape index (κ1) is 16.3. The van der Waals surface area contributed by atoms with Gasteiger partial charge in [-0.25, -0.2) is 0 Å². The second kappa shape index (κ2) is 7.77. The molecule has 1 saturated heterocycles. The van der Waals surface area contributed by atoms with Crippen LogP contribution in [0.25, 0.3) is 0 Å². The number of likely N-dealkylation sites (tertiary alicyclic amines) is 1. The van der Waals surface area contributed by atoms with Crippen molar-refractivity contribution in [3.05, 3.63) is 0 Å². The van der Waals surface area contributed by atoms with Crippen LogP contribution in [-0.4, -0.2) is 62.2 Å². The van der Waals surface area contributed by atoms with Gasteiger partial charge in [0.15, 0.2) is 0 Å². The lowest BCUT2D eigenvalue weighted by Gasteiger charge is -2.46. The van der Waals surface area contributed by atoms with Gasteiger partial charge in [0.05, 0.1) is 0 Å². The molecule has 3 heteroatoms. The predicted octanol–water partition coefficient (Wildman–Crippen LogP) is 2.57. The molecular formula is C17H35N3. The second-order valence-corrected chi connectivity index (χ2v) is 7.16. The SMILES string of the molecule is CCCC1CCC(NC)C(N2CCC(N(C)C)CC2)C1. The Morgan fingerprint density at radius 2 is 1.80 bits per heavy atom. The van der Waals surface area contributed by atoms with E-state index in [0.717, 1.165) is 24.0 Å². The Labute approximate surface area is 126 Å². The van der Waals surface area contributed by atoms with Crippen molar-refractivity contribution in [3.63, 3.8) is 0 Å². The van der Waals surface area contributed by atoms with Crippen LogP contribution in [0.3, 0.4) is 0 Å². The highest BCUT2D eigenvalue weighted by Gasteiger charge is 2.35. The third-order valence-electron chi connectivity index (χ3n) is 5.69. The Morgan fingerprint density at radius 3 is 2.35 bits per heavy atom. The third-order valence-corrected chi connectivity index (χ3v) is 5.69. The molecule has 0 aromatic heterocycles. The van der Waals surface area contributed by atoms with Crippen LogP contribution in [-0.2, 0) is 0 Å². The van der Waals surface area contributed by atoms with Gasteiger partial charge < -0.3 is 10.2 Å². The zero-order valence-corrected chi connectivity index (χ0v) is 14.1. The average molecular weight is 281 g/mol. The maximum atomic E-state index is 3.60. The van der Waals surface area contributed by atoms with Crippen molar-refractivity contribution in [1.82, 2.24) is 15.1 Å². The molecule has 2 rings (SSSR count). The van der Waals surface area contributed by atoms with E-state index < -0.39 is 0 Å². The lowest BCUT2D eigenvalue weighted by Crippen LogP contribution is -2.55. The summed E-state index contributed by atoms with van der Waals surface area (Å²) < 4.78 is 0. The summed E-state index contributed by atoms with van der Waals surface area (Å²) in [6.45, 7) is 4.93. The number of rotatable bonds is 5. The van der Waals surface area contributed by atoms with Gasteiger partial charge in [-0.1, -0.05) is 19.8 Å². The third kappa shape index (κ3) is 3.96. The molecule has 0 spiro atoms. The molecule has 0 radical (unpaired) electrons. The van der Waals surface area contributed by atoms with Gasteiger partial charge in [0.2, 0.25) is 0 Å². The molecule has 20 heavy (non-hydrogen) atoms. The summed E-state index contributed by atoms with van der Waals surface area (Å²) in [5, 5.41) is 3.60. The Kier molecular flexibility index (Phi) is 6.31. The van der Waals surface area contributed by atoms with Crippen molar-refractivity contribution in [2.24, 2.45) is 5.92 Å². The molecule has 0 aromatic carbocycles. The fourth-order valence-electron chi connectivity index (χ4n) is 4.38. The number of hydrogen-bond donors (Lipinski definition) is 1. The summed E-state index contributed by atoms with van der Waals surface area (Å²) in [5.41, 5.74) is 0. The van der Waals surface area contributed by atoms with Gasteiger partial charge >= 0.3 is 0 Å². The molecule has 0 bridgehead atoms. The highest BCUT2D eigenvalue weighted by molar-refractivity contribution is 4.92. The van der Waals surface area contributed by atoms with Crippen molar-refractivity contribution < 1.29 is 0 Å². The zero-order valence-electron chi connectivity index (χ0n) is 14.1. The smallest absolute Gasteiger partial charge is 0.0251 e. The van der Waals surface area contributed by atoms with E-state index in [-0.39, 0.29) is 0 Å². The van der Waals surface area contributed by atoms with Crippen LogP contribution in [0, 0.1) is 5.92 Å². The van der Waals surface area contributed by atoms with E-state index in [4.69, 9.17) is 0 Å². The first-order chi connectivity index (χ1) is 9.65. The van der Waals surface area contributed by atoms with E-state index in [1.54, 1.807) is 0 Å². The fraction of sp³-hybridized carbons (Fsp3) is 1.00. The molecule has 118 valence electrons. The van der Waals surface area contributed by atoms with E-state index in [2.05, 4.69) is 43.2 Å². The average Bonchev–Trinajstić information content (AvgIpc) is 2.47. The van der Waals surface area contributed by atoms with Gasteiger partial charge in [0.25, 0.3) is 0 Å². The van der Waals surface area contributed by atoms with Crippen LogP contribution in [0.15, 0.2) is 0 Å². The maximum absolute atomic E-state index is 3.60. The number of nitrogens with one attached hydrogen (secondary N) is 1. The minimum Gasteiger partial charge on any atom is -0.315 e. The zero-order chi connectivity index (χ0) is 14.5. The van der Waals surface area contributed by atoms with E-state index in [1.165, 1.54) is 58.0 Å². The molecule has 0 aromatic rings. The number of nitrogens with zero attached hydrogens (tertiary/aromatic N) is 2. The van der Waals surface area contributed by atoms with Gasteiger partial charge in [-0.3, -0.25) is 4.90 Å². The van der Waals surface area contributed by atoms with Crippen LogP contribution in [0.1, 0.15) is 51.9 Å². The molecule has 3 atom stereocenters. The molecular weight excluding hydrogens is 246 g/mol. The lowest BCUT2D eigenvalue weighted by molar-refractivity contribution is 0.0561. The molecule has 2 fully saturated rings. The van der Waals surface area contributed by atoms with Crippen molar-refractivity contribution in [2.45, 2.75) is 70.0 Å². The lowest BCUT2D eigenvalue weighted by atomic mass is 9.79. The molecule has 1 aliphatic carbocycles. The fourth-order valence-corrected chi connectivity index (χ4v) is 4.38. The summed E-state index contributed by atoms with van der Waals surface area (Å²) in [5.74, 6) is 0.973. The minimum absolute atomic E-state index is 0.721. The van der Waals surface area contributed by atoms with Crippen LogP contribution >= 0.6 is 0 Å². The summed E-state index contributed by atoms with van der Waals surface area (Å²) in [7, 11) is 6.62. The van der Waals surface area contributed by atoms with E-state index in [9.17, 15) is 0 Å². The monoisotopic (exact) mass is 281 g/mol.